The summed E-state index contributed by atoms with van der Waals surface area (Å²) in [7, 11) is -3.46. The van der Waals surface area contributed by atoms with Crippen molar-refractivity contribution in [1.82, 2.24) is 9.21 Å². The molecule has 1 aliphatic rings. The van der Waals surface area contributed by atoms with E-state index in [0.29, 0.717) is 24.7 Å². The van der Waals surface area contributed by atoms with E-state index in [1.165, 1.54) is 10.4 Å². The van der Waals surface area contributed by atoms with Gasteiger partial charge in [-0.15, -0.1) is 0 Å². The molecular formula is C13H20ClN3O2S. The number of hydrogen-bond acceptors (Lipinski definition) is 4. The minimum absolute atomic E-state index is 0.240. The van der Waals surface area contributed by atoms with Gasteiger partial charge in [-0.3, -0.25) is 0 Å². The van der Waals surface area contributed by atoms with E-state index in [9.17, 15) is 8.42 Å². The van der Waals surface area contributed by atoms with Gasteiger partial charge in [0.2, 0.25) is 10.0 Å². The minimum atomic E-state index is -3.46. The average Bonchev–Trinajstić information content (AvgIpc) is 2.47. The first-order valence-corrected chi connectivity index (χ1v) is 8.52. The number of benzene rings is 1. The quantitative estimate of drug-likeness (QED) is 0.904. The van der Waals surface area contributed by atoms with Crippen LogP contribution in [0.2, 0.25) is 5.02 Å². The van der Waals surface area contributed by atoms with Crippen molar-refractivity contribution in [2.75, 3.05) is 32.7 Å². The van der Waals surface area contributed by atoms with Gasteiger partial charge in [-0.25, -0.2) is 8.42 Å². The molecule has 7 heteroatoms. The maximum absolute atomic E-state index is 12.6. The molecule has 112 valence electrons. The third kappa shape index (κ3) is 3.15. The molecule has 1 aromatic rings. The lowest BCUT2D eigenvalue weighted by molar-refractivity contribution is 0.196. The van der Waals surface area contributed by atoms with Crippen LogP contribution in [0.25, 0.3) is 0 Å². The van der Waals surface area contributed by atoms with Crippen LogP contribution in [-0.2, 0) is 16.6 Å². The van der Waals surface area contributed by atoms with Crippen LogP contribution < -0.4 is 5.73 Å². The van der Waals surface area contributed by atoms with Crippen LogP contribution in [0.4, 0.5) is 0 Å². The normalized spacial score (nSPS) is 18.4. The first kappa shape index (κ1) is 15.7. The summed E-state index contributed by atoms with van der Waals surface area (Å²) in [5.41, 5.74) is 6.28. The Hall–Kier alpha value is -0.660. The molecule has 0 aromatic heterocycles. The van der Waals surface area contributed by atoms with Crippen molar-refractivity contribution in [2.24, 2.45) is 5.73 Å². The number of halogens is 1. The van der Waals surface area contributed by atoms with E-state index in [0.717, 1.165) is 25.2 Å². The highest BCUT2D eigenvalue weighted by atomic mass is 35.5. The van der Waals surface area contributed by atoms with E-state index in [2.05, 4.69) is 11.8 Å². The van der Waals surface area contributed by atoms with E-state index in [4.69, 9.17) is 17.3 Å². The fraction of sp³-hybridized carbons (Fsp3) is 0.538. The predicted molar refractivity (Wildman–Crippen MR) is 80.2 cm³/mol. The standard InChI is InChI=1S/C13H20ClN3O2S/c1-2-16-5-7-17(8-6-16)20(18,19)12-4-3-11(10-15)13(14)9-12/h3-4,9H,2,5-8,10,15H2,1H3. The van der Waals surface area contributed by atoms with Crippen molar-refractivity contribution in [2.45, 2.75) is 18.4 Å². The molecule has 20 heavy (non-hydrogen) atoms. The zero-order valence-electron chi connectivity index (χ0n) is 11.5. The Morgan fingerprint density at radius 2 is 1.90 bits per heavy atom. The monoisotopic (exact) mass is 317 g/mol. The molecule has 0 amide bonds. The molecule has 0 unspecified atom stereocenters. The lowest BCUT2D eigenvalue weighted by atomic mass is 10.2. The fourth-order valence-corrected chi connectivity index (χ4v) is 4.06. The van der Waals surface area contributed by atoms with E-state index in [1.54, 1.807) is 12.1 Å². The molecule has 0 saturated carbocycles. The Kier molecular flexibility index (Phi) is 5.04. The Labute approximate surface area is 125 Å². The van der Waals surface area contributed by atoms with Gasteiger partial charge in [-0.1, -0.05) is 24.6 Å². The van der Waals surface area contributed by atoms with E-state index in [1.807, 2.05) is 0 Å². The number of sulfonamides is 1. The highest BCUT2D eigenvalue weighted by molar-refractivity contribution is 7.89. The molecule has 0 bridgehead atoms. The Balaban J connectivity index is 2.20. The van der Waals surface area contributed by atoms with E-state index < -0.39 is 10.0 Å². The van der Waals surface area contributed by atoms with Gasteiger partial charge in [0, 0.05) is 37.7 Å². The average molecular weight is 318 g/mol. The molecule has 2 rings (SSSR count). The van der Waals surface area contributed by atoms with Gasteiger partial charge in [-0.05, 0) is 24.2 Å². The molecule has 1 aliphatic heterocycles. The summed E-state index contributed by atoms with van der Waals surface area (Å²) in [4.78, 5) is 2.47. The largest absolute Gasteiger partial charge is 0.326 e. The van der Waals surface area contributed by atoms with E-state index >= 15 is 0 Å². The second-order valence-electron chi connectivity index (χ2n) is 4.80. The number of likely N-dealkylation sites (N-methyl/N-ethyl adjacent to an activating group) is 1. The maximum Gasteiger partial charge on any atom is 0.243 e. The number of nitrogens with two attached hydrogens (primary N) is 1. The third-order valence-electron chi connectivity index (χ3n) is 3.66. The van der Waals surface area contributed by atoms with Crippen molar-refractivity contribution in [3.8, 4) is 0 Å². The molecule has 0 aliphatic carbocycles. The van der Waals surface area contributed by atoms with Crippen molar-refractivity contribution in [3.05, 3.63) is 28.8 Å². The second kappa shape index (κ2) is 6.41. The van der Waals surface area contributed by atoms with Crippen molar-refractivity contribution in [1.29, 1.82) is 0 Å². The van der Waals surface area contributed by atoms with E-state index in [-0.39, 0.29) is 4.90 Å². The molecular weight excluding hydrogens is 298 g/mol. The molecule has 2 N–H and O–H groups in total. The van der Waals surface area contributed by atoms with Crippen molar-refractivity contribution in [3.63, 3.8) is 0 Å². The molecule has 1 heterocycles. The summed E-state index contributed by atoms with van der Waals surface area (Å²) in [5, 5.41) is 0.403. The summed E-state index contributed by atoms with van der Waals surface area (Å²) < 4.78 is 26.6. The zero-order valence-corrected chi connectivity index (χ0v) is 13.1. The first-order valence-electron chi connectivity index (χ1n) is 6.70. The summed E-state index contributed by atoms with van der Waals surface area (Å²) >= 11 is 6.05. The Morgan fingerprint density at radius 1 is 1.25 bits per heavy atom. The second-order valence-corrected chi connectivity index (χ2v) is 7.14. The highest BCUT2D eigenvalue weighted by Crippen LogP contribution is 2.23. The van der Waals surface area contributed by atoms with Crippen LogP contribution in [0.15, 0.2) is 23.1 Å². The summed E-state index contributed by atoms with van der Waals surface area (Å²) in [6, 6.07) is 4.75. The van der Waals surface area contributed by atoms with Gasteiger partial charge in [0.15, 0.2) is 0 Å². The molecule has 0 atom stereocenters. The Bertz CT molecular complexity index is 569. The number of rotatable bonds is 4. The molecule has 0 radical (unpaired) electrons. The molecule has 1 saturated heterocycles. The SMILES string of the molecule is CCN1CCN(S(=O)(=O)c2ccc(CN)c(Cl)c2)CC1. The van der Waals surface area contributed by atoms with Gasteiger partial charge < -0.3 is 10.6 Å². The summed E-state index contributed by atoms with van der Waals surface area (Å²) in [5.74, 6) is 0. The lowest BCUT2D eigenvalue weighted by Crippen LogP contribution is -2.48. The van der Waals surface area contributed by atoms with Crippen LogP contribution in [0.5, 0.6) is 0 Å². The van der Waals surface area contributed by atoms with Crippen molar-refractivity contribution >= 4 is 21.6 Å². The number of hydrogen-bond donors (Lipinski definition) is 1. The van der Waals surface area contributed by atoms with Crippen LogP contribution in [0.1, 0.15) is 12.5 Å². The van der Waals surface area contributed by atoms with Gasteiger partial charge in [-0.2, -0.15) is 4.31 Å². The molecule has 0 spiro atoms. The van der Waals surface area contributed by atoms with Gasteiger partial charge >= 0.3 is 0 Å². The minimum Gasteiger partial charge on any atom is -0.326 e. The van der Waals surface area contributed by atoms with Gasteiger partial charge in [0.25, 0.3) is 0 Å². The first-order chi connectivity index (χ1) is 9.48. The number of piperazine rings is 1. The van der Waals surface area contributed by atoms with Crippen LogP contribution in [0, 0.1) is 0 Å². The third-order valence-corrected chi connectivity index (χ3v) is 5.91. The van der Waals surface area contributed by atoms with Crippen LogP contribution in [-0.4, -0.2) is 50.3 Å². The molecule has 1 aromatic carbocycles. The van der Waals surface area contributed by atoms with Gasteiger partial charge in [0.05, 0.1) is 4.90 Å². The molecule has 5 nitrogen and oxygen atoms in total. The summed E-state index contributed by atoms with van der Waals surface area (Å²) in [6.07, 6.45) is 0. The topological polar surface area (TPSA) is 66.6 Å². The van der Waals surface area contributed by atoms with Crippen molar-refractivity contribution < 1.29 is 8.42 Å². The predicted octanol–water partition coefficient (Wildman–Crippen LogP) is 1.12. The van der Waals surface area contributed by atoms with Gasteiger partial charge in [0.1, 0.15) is 0 Å². The fourth-order valence-electron chi connectivity index (χ4n) is 2.29. The smallest absolute Gasteiger partial charge is 0.243 e. The van der Waals surface area contributed by atoms with Crippen LogP contribution in [0.3, 0.4) is 0 Å². The Morgan fingerprint density at radius 3 is 2.40 bits per heavy atom. The van der Waals surface area contributed by atoms with Crippen LogP contribution >= 0.6 is 11.6 Å². The maximum atomic E-state index is 12.6. The molecule has 1 fully saturated rings. The highest BCUT2D eigenvalue weighted by Gasteiger charge is 2.28. The lowest BCUT2D eigenvalue weighted by Gasteiger charge is -2.33. The summed E-state index contributed by atoms with van der Waals surface area (Å²) in [6.45, 7) is 5.91. The number of nitrogens with zero attached hydrogens (tertiary/aromatic N) is 2. The zero-order chi connectivity index (χ0) is 14.8.